The molecule has 6 heteroatoms. The number of aryl methyl sites for hydroxylation is 2. The van der Waals surface area contributed by atoms with E-state index in [-0.39, 0.29) is 41.3 Å². The molecule has 2 aromatic carbocycles. The summed E-state index contributed by atoms with van der Waals surface area (Å²) in [7, 11) is 0. The van der Waals surface area contributed by atoms with Crippen LogP contribution >= 0.6 is 0 Å². The summed E-state index contributed by atoms with van der Waals surface area (Å²) < 4.78 is 38.4. The third-order valence-corrected chi connectivity index (χ3v) is 6.27. The number of halogens is 2. The minimum atomic E-state index is -0.793. The minimum absolute atomic E-state index is 0.0656. The summed E-state index contributed by atoms with van der Waals surface area (Å²) in [4.78, 5) is 13.1. The molecule has 0 saturated carbocycles. The number of ketones is 1. The van der Waals surface area contributed by atoms with Gasteiger partial charge in [0.15, 0.2) is 17.3 Å². The van der Waals surface area contributed by atoms with Crippen molar-refractivity contribution < 1.29 is 28.2 Å². The zero-order chi connectivity index (χ0) is 20.4. The van der Waals surface area contributed by atoms with Crippen LogP contribution in [0.4, 0.5) is 8.78 Å². The first-order chi connectivity index (χ1) is 13.8. The van der Waals surface area contributed by atoms with Crippen LogP contribution in [0.5, 0.6) is 11.5 Å². The first-order valence-corrected chi connectivity index (χ1v) is 9.72. The monoisotopic (exact) mass is 398 g/mol. The Balaban J connectivity index is 1.51. The van der Waals surface area contributed by atoms with Gasteiger partial charge in [-0.2, -0.15) is 0 Å². The molecular weight excluding hydrogens is 378 g/mol. The van der Waals surface area contributed by atoms with Crippen LogP contribution in [0.1, 0.15) is 29.5 Å². The third-order valence-electron chi connectivity index (χ3n) is 6.27. The van der Waals surface area contributed by atoms with Gasteiger partial charge in [-0.3, -0.25) is 4.79 Å². The number of hydrogen-bond donors (Lipinski definition) is 1. The van der Waals surface area contributed by atoms with Crippen molar-refractivity contribution in [2.45, 2.75) is 38.9 Å². The normalized spacial score (nSPS) is 27.7. The lowest BCUT2D eigenvalue weighted by atomic mass is 9.80. The van der Waals surface area contributed by atoms with Crippen LogP contribution < -0.4 is 4.74 Å². The number of benzene rings is 2. The smallest absolute Gasteiger partial charge is 0.173 e. The summed E-state index contributed by atoms with van der Waals surface area (Å²) in [5, 5.41) is 10.9. The molecule has 4 atom stereocenters. The first-order valence-electron chi connectivity index (χ1n) is 9.72. The average Bonchev–Trinajstić information content (AvgIpc) is 3.33. The zero-order valence-corrected chi connectivity index (χ0v) is 16.0. The van der Waals surface area contributed by atoms with Gasteiger partial charge in [-0.15, -0.1) is 0 Å². The first kappa shape index (κ1) is 18.3. The fourth-order valence-electron chi connectivity index (χ4n) is 5.13. The molecule has 0 unspecified atom stereocenters. The third kappa shape index (κ3) is 2.69. The SMILES string of the molecule is Cc1cc(Oc2ccc(F)cc2F)cc(C)c1C1=C(O)[C@H]2[C@@H](C1=O)[C@@H]1CC[C@H]2O1. The highest BCUT2D eigenvalue weighted by Crippen LogP contribution is 2.54. The Labute approximate surface area is 166 Å². The molecule has 0 radical (unpaired) electrons. The molecule has 0 amide bonds. The molecule has 2 heterocycles. The predicted molar refractivity (Wildman–Crippen MR) is 102 cm³/mol. The Kier molecular flexibility index (Phi) is 4.03. The van der Waals surface area contributed by atoms with E-state index in [4.69, 9.17) is 9.47 Å². The van der Waals surface area contributed by atoms with Crippen molar-refractivity contribution in [3.8, 4) is 11.5 Å². The molecule has 150 valence electrons. The maximum Gasteiger partial charge on any atom is 0.173 e. The van der Waals surface area contributed by atoms with Gasteiger partial charge in [0.25, 0.3) is 0 Å². The Morgan fingerprint density at radius 1 is 1.03 bits per heavy atom. The van der Waals surface area contributed by atoms with Crippen molar-refractivity contribution in [2.24, 2.45) is 11.8 Å². The van der Waals surface area contributed by atoms with Gasteiger partial charge in [-0.05, 0) is 67.6 Å². The standard InChI is InChI=1S/C23H20F2O4/c1-10-7-13(28-15-4-3-12(24)9-14(15)25)8-11(2)18(10)21-22(26)19-16-5-6-17(29-16)20(19)23(21)27/h3-4,7-9,16-17,19-20,26H,5-6H2,1-2H3/t16-,17+,19-,20+/m1/s1. The van der Waals surface area contributed by atoms with E-state index < -0.39 is 11.6 Å². The summed E-state index contributed by atoms with van der Waals surface area (Å²) in [6.45, 7) is 3.64. The lowest BCUT2D eigenvalue weighted by molar-refractivity contribution is -0.118. The Hall–Kier alpha value is -2.73. The van der Waals surface area contributed by atoms with E-state index in [1.807, 2.05) is 13.8 Å². The molecule has 5 rings (SSSR count). The van der Waals surface area contributed by atoms with Crippen LogP contribution in [-0.2, 0) is 9.53 Å². The van der Waals surface area contributed by atoms with Gasteiger partial charge in [-0.25, -0.2) is 8.78 Å². The second kappa shape index (κ2) is 6.39. The largest absolute Gasteiger partial charge is 0.511 e. The van der Waals surface area contributed by atoms with E-state index in [0.717, 1.165) is 36.1 Å². The summed E-state index contributed by atoms with van der Waals surface area (Å²) in [6.07, 6.45) is 1.52. The van der Waals surface area contributed by atoms with Gasteiger partial charge in [-0.1, -0.05) is 0 Å². The molecule has 1 aliphatic carbocycles. The van der Waals surface area contributed by atoms with E-state index >= 15 is 0 Å². The summed E-state index contributed by atoms with van der Waals surface area (Å²) in [5.74, 6) is -1.67. The topological polar surface area (TPSA) is 55.8 Å². The number of aliphatic hydroxyl groups excluding tert-OH is 1. The van der Waals surface area contributed by atoms with Crippen LogP contribution in [0, 0.1) is 37.3 Å². The summed E-state index contributed by atoms with van der Waals surface area (Å²) in [6, 6.07) is 6.51. The van der Waals surface area contributed by atoms with Crippen molar-refractivity contribution in [3.63, 3.8) is 0 Å². The van der Waals surface area contributed by atoms with E-state index in [9.17, 15) is 18.7 Å². The highest BCUT2D eigenvalue weighted by Gasteiger charge is 2.59. The van der Waals surface area contributed by atoms with Crippen molar-refractivity contribution >= 4 is 11.4 Å². The number of allylic oxidation sites excluding steroid dienone is 1. The molecule has 2 aliphatic heterocycles. The van der Waals surface area contributed by atoms with Crippen molar-refractivity contribution in [2.75, 3.05) is 0 Å². The summed E-state index contributed by atoms with van der Waals surface area (Å²) in [5.41, 5.74) is 2.54. The van der Waals surface area contributed by atoms with Gasteiger partial charge < -0.3 is 14.6 Å². The van der Waals surface area contributed by atoms with Gasteiger partial charge in [0, 0.05) is 6.07 Å². The van der Waals surface area contributed by atoms with E-state index in [1.165, 1.54) is 6.07 Å². The van der Waals surface area contributed by atoms with Crippen LogP contribution in [0.25, 0.3) is 5.57 Å². The van der Waals surface area contributed by atoms with Crippen LogP contribution in [0.3, 0.4) is 0 Å². The number of aliphatic hydroxyl groups is 1. The van der Waals surface area contributed by atoms with E-state index in [0.29, 0.717) is 16.9 Å². The van der Waals surface area contributed by atoms with Crippen molar-refractivity contribution in [3.05, 3.63) is 64.4 Å². The molecule has 3 aliphatic rings. The van der Waals surface area contributed by atoms with Gasteiger partial charge in [0.05, 0.1) is 29.6 Å². The second-order valence-electron chi connectivity index (χ2n) is 8.08. The number of hydrogen-bond acceptors (Lipinski definition) is 4. The van der Waals surface area contributed by atoms with Crippen molar-refractivity contribution in [1.82, 2.24) is 0 Å². The van der Waals surface area contributed by atoms with Gasteiger partial charge in [0.1, 0.15) is 17.3 Å². The maximum absolute atomic E-state index is 13.9. The molecule has 2 saturated heterocycles. The highest BCUT2D eigenvalue weighted by molar-refractivity contribution is 6.26. The number of carbonyl (C=O) groups is 1. The minimum Gasteiger partial charge on any atom is -0.511 e. The van der Waals surface area contributed by atoms with Crippen LogP contribution in [0.2, 0.25) is 0 Å². The van der Waals surface area contributed by atoms with E-state index in [1.54, 1.807) is 12.1 Å². The molecule has 0 spiro atoms. The summed E-state index contributed by atoms with van der Waals surface area (Å²) >= 11 is 0. The molecule has 2 fully saturated rings. The molecule has 1 N–H and O–H groups in total. The lowest BCUT2D eigenvalue weighted by Crippen LogP contribution is -2.29. The quantitative estimate of drug-likeness (QED) is 0.789. The zero-order valence-electron chi connectivity index (χ0n) is 16.0. The van der Waals surface area contributed by atoms with Crippen LogP contribution in [0.15, 0.2) is 36.1 Å². The van der Waals surface area contributed by atoms with Gasteiger partial charge >= 0.3 is 0 Å². The molecule has 2 bridgehead atoms. The molecule has 29 heavy (non-hydrogen) atoms. The highest BCUT2D eigenvalue weighted by atomic mass is 19.1. The van der Waals surface area contributed by atoms with Crippen molar-refractivity contribution in [1.29, 1.82) is 0 Å². The number of fused-ring (bicyclic) bond motifs is 5. The molecule has 0 aromatic heterocycles. The predicted octanol–water partition coefficient (Wildman–Crippen LogP) is 5.02. The molecule has 2 aromatic rings. The number of ether oxygens (including phenoxy) is 2. The fraction of sp³-hybridized carbons (Fsp3) is 0.348. The number of carbonyl (C=O) groups excluding carboxylic acids is 1. The Morgan fingerprint density at radius 3 is 2.31 bits per heavy atom. The lowest BCUT2D eigenvalue weighted by Gasteiger charge is -2.19. The second-order valence-corrected chi connectivity index (χ2v) is 8.08. The molecule has 4 nitrogen and oxygen atoms in total. The van der Waals surface area contributed by atoms with E-state index in [2.05, 4.69) is 0 Å². The van der Waals surface area contributed by atoms with Gasteiger partial charge in [0.2, 0.25) is 0 Å². The number of rotatable bonds is 3. The molecular formula is C23H20F2O4. The fourth-order valence-corrected chi connectivity index (χ4v) is 5.13. The Morgan fingerprint density at radius 2 is 1.69 bits per heavy atom. The Bertz CT molecular complexity index is 1050. The van der Waals surface area contributed by atoms with Crippen LogP contribution in [-0.4, -0.2) is 23.1 Å². The number of Topliss-reactive ketones (excluding diaryl/α,β-unsaturated/α-hetero) is 1. The maximum atomic E-state index is 13.9. The average molecular weight is 398 g/mol.